The third kappa shape index (κ3) is 4.14. The molecule has 4 rings (SSSR count). The second-order valence-corrected chi connectivity index (χ2v) is 7.17. The summed E-state index contributed by atoms with van der Waals surface area (Å²) in [5.74, 6) is 0.753. The van der Waals surface area contributed by atoms with Crippen molar-refractivity contribution in [1.29, 1.82) is 5.26 Å². The van der Waals surface area contributed by atoms with Gasteiger partial charge in [0.25, 0.3) is 0 Å². The van der Waals surface area contributed by atoms with Crippen molar-refractivity contribution in [2.75, 3.05) is 19.0 Å². The minimum Gasteiger partial charge on any atom is -0.493 e. The molecule has 0 aliphatic rings. The maximum absolute atomic E-state index is 12.5. The summed E-state index contributed by atoms with van der Waals surface area (Å²) in [4.78, 5) is 12.5. The molecule has 1 amide bonds. The van der Waals surface area contributed by atoms with E-state index in [0.717, 1.165) is 28.7 Å². The second kappa shape index (κ2) is 9.27. The van der Waals surface area contributed by atoms with Crippen molar-refractivity contribution in [3.05, 3.63) is 72.3 Å². The number of para-hydroxylation sites is 1. The molecule has 0 atom stereocenters. The maximum atomic E-state index is 12.5. The Labute approximate surface area is 186 Å². The van der Waals surface area contributed by atoms with Gasteiger partial charge in [-0.25, -0.2) is 0 Å². The van der Waals surface area contributed by atoms with Gasteiger partial charge in [0.05, 0.1) is 7.11 Å². The van der Waals surface area contributed by atoms with E-state index in [-0.39, 0.29) is 12.5 Å². The van der Waals surface area contributed by atoms with Gasteiger partial charge in [0, 0.05) is 40.1 Å². The van der Waals surface area contributed by atoms with Gasteiger partial charge in [0.15, 0.2) is 18.1 Å². The van der Waals surface area contributed by atoms with Crippen LogP contribution in [0, 0.1) is 11.3 Å². The van der Waals surface area contributed by atoms with Crippen LogP contribution in [0.5, 0.6) is 11.5 Å². The standard InChI is InChI=1S/C26H23N3O3/c1-3-29-22-7-5-4-6-20(22)21-17-19(10-11-23(21)29)28-26(30)13-9-18-8-12-24(32-15-14-27)25(16-18)31-2/h4-13,16-17H,3,15H2,1-2H3,(H,28,30)/b13-9+. The zero-order valence-electron chi connectivity index (χ0n) is 18.0. The minimum atomic E-state index is -0.229. The molecule has 0 bridgehead atoms. The molecule has 1 heterocycles. The lowest BCUT2D eigenvalue weighted by molar-refractivity contribution is -0.111. The number of nitriles is 1. The minimum absolute atomic E-state index is 0.0603. The molecule has 0 radical (unpaired) electrons. The molecule has 0 saturated carbocycles. The van der Waals surface area contributed by atoms with E-state index in [4.69, 9.17) is 14.7 Å². The first-order chi connectivity index (χ1) is 15.6. The molecule has 6 nitrogen and oxygen atoms in total. The Balaban J connectivity index is 1.53. The van der Waals surface area contributed by atoms with Crippen LogP contribution in [0.15, 0.2) is 66.7 Å². The maximum Gasteiger partial charge on any atom is 0.248 e. The number of nitrogens with one attached hydrogen (secondary N) is 1. The van der Waals surface area contributed by atoms with E-state index in [0.29, 0.717) is 11.5 Å². The van der Waals surface area contributed by atoms with Crippen molar-refractivity contribution in [2.24, 2.45) is 0 Å². The van der Waals surface area contributed by atoms with Gasteiger partial charge in [-0.05, 0) is 55.0 Å². The van der Waals surface area contributed by atoms with Crippen molar-refractivity contribution in [3.63, 3.8) is 0 Å². The number of anilines is 1. The molecule has 0 aliphatic heterocycles. The number of carbonyl (C=O) groups is 1. The number of aryl methyl sites for hydroxylation is 1. The number of aromatic nitrogens is 1. The van der Waals surface area contributed by atoms with E-state index in [9.17, 15) is 4.79 Å². The zero-order chi connectivity index (χ0) is 22.5. The van der Waals surface area contributed by atoms with Crippen LogP contribution in [0.25, 0.3) is 27.9 Å². The van der Waals surface area contributed by atoms with Gasteiger partial charge in [-0.3, -0.25) is 4.79 Å². The molecule has 4 aromatic rings. The molecule has 0 saturated heterocycles. The Kier molecular flexibility index (Phi) is 6.09. The summed E-state index contributed by atoms with van der Waals surface area (Å²) in [5, 5.41) is 13.9. The summed E-state index contributed by atoms with van der Waals surface area (Å²) in [6, 6.07) is 21.5. The zero-order valence-corrected chi connectivity index (χ0v) is 18.0. The molecule has 0 aliphatic carbocycles. The predicted molar refractivity (Wildman–Crippen MR) is 127 cm³/mol. The van der Waals surface area contributed by atoms with Crippen molar-refractivity contribution >= 4 is 39.5 Å². The smallest absolute Gasteiger partial charge is 0.248 e. The van der Waals surface area contributed by atoms with Crippen molar-refractivity contribution in [1.82, 2.24) is 4.57 Å². The Morgan fingerprint density at radius 2 is 1.88 bits per heavy atom. The van der Waals surface area contributed by atoms with Gasteiger partial charge in [-0.1, -0.05) is 24.3 Å². The monoisotopic (exact) mass is 425 g/mol. The molecule has 1 N–H and O–H groups in total. The van der Waals surface area contributed by atoms with E-state index < -0.39 is 0 Å². The fourth-order valence-electron chi connectivity index (χ4n) is 3.85. The first-order valence-electron chi connectivity index (χ1n) is 10.3. The van der Waals surface area contributed by atoms with Crippen molar-refractivity contribution in [2.45, 2.75) is 13.5 Å². The van der Waals surface area contributed by atoms with Gasteiger partial charge in [0.1, 0.15) is 6.07 Å². The average Bonchev–Trinajstić information content (AvgIpc) is 3.14. The number of amides is 1. The molecule has 6 heteroatoms. The Hall–Kier alpha value is -4.24. The number of hydrogen-bond acceptors (Lipinski definition) is 4. The Morgan fingerprint density at radius 3 is 2.66 bits per heavy atom. The quantitative estimate of drug-likeness (QED) is 0.404. The highest BCUT2D eigenvalue weighted by Gasteiger charge is 2.10. The van der Waals surface area contributed by atoms with Crippen LogP contribution < -0.4 is 14.8 Å². The van der Waals surface area contributed by atoms with Crippen LogP contribution in [0.2, 0.25) is 0 Å². The van der Waals surface area contributed by atoms with Crippen LogP contribution in [0.1, 0.15) is 12.5 Å². The van der Waals surface area contributed by atoms with Crippen molar-refractivity contribution in [3.8, 4) is 17.6 Å². The average molecular weight is 425 g/mol. The normalized spacial score (nSPS) is 11.0. The number of fused-ring (bicyclic) bond motifs is 3. The van der Waals surface area contributed by atoms with E-state index >= 15 is 0 Å². The van der Waals surface area contributed by atoms with Crippen LogP contribution in [0.4, 0.5) is 5.69 Å². The van der Waals surface area contributed by atoms with Gasteiger partial charge in [0.2, 0.25) is 5.91 Å². The molecule has 0 unspecified atom stereocenters. The Morgan fingerprint density at radius 1 is 1.06 bits per heavy atom. The number of methoxy groups -OCH3 is 1. The predicted octanol–water partition coefficient (Wildman–Crippen LogP) is 5.38. The largest absolute Gasteiger partial charge is 0.493 e. The van der Waals surface area contributed by atoms with E-state index in [1.807, 2.05) is 36.4 Å². The van der Waals surface area contributed by atoms with Crippen LogP contribution in [0.3, 0.4) is 0 Å². The lowest BCUT2D eigenvalue weighted by atomic mass is 10.1. The number of rotatable bonds is 7. The first kappa shape index (κ1) is 21.0. The fraction of sp³-hybridized carbons (Fsp3) is 0.154. The number of hydrogen-bond donors (Lipinski definition) is 1. The highest BCUT2D eigenvalue weighted by molar-refractivity contribution is 6.10. The summed E-state index contributed by atoms with van der Waals surface area (Å²) >= 11 is 0. The van der Waals surface area contributed by atoms with Gasteiger partial charge >= 0.3 is 0 Å². The third-order valence-electron chi connectivity index (χ3n) is 5.26. The summed E-state index contributed by atoms with van der Waals surface area (Å²) in [6.07, 6.45) is 3.18. The lowest BCUT2D eigenvalue weighted by Gasteiger charge is -2.08. The summed E-state index contributed by atoms with van der Waals surface area (Å²) in [6.45, 7) is 2.95. The number of ether oxygens (including phenoxy) is 2. The highest BCUT2D eigenvalue weighted by Crippen LogP contribution is 2.31. The van der Waals surface area contributed by atoms with E-state index in [1.165, 1.54) is 24.1 Å². The van der Waals surface area contributed by atoms with Crippen molar-refractivity contribution < 1.29 is 14.3 Å². The first-order valence-corrected chi connectivity index (χ1v) is 10.3. The van der Waals surface area contributed by atoms with E-state index in [1.54, 1.807) is 24.3 Å². The second-order valence-electron chi connectivity index (χ2n) is 7.17. The van der Waals surface area contributed by atoms with Crippen LogP contribution in [-0.4, -0.2) is 24.2 Å². The summed E-state index contributed by atoms with van der Waals surface area (Å²) < 4.78 is 12.9. The Bertz CT molecular complexity index is 1360. The molecule has 160 valence electrons. The molecule has 3 aromatic carbocycles. The van der Waals surface area contributed by atoms with E-state index in [2.05, 4.69) is 28.9 Å². The molecule has 0 fully saturated rings. The third-order valence-corrected chi connectivity index (χ3v) is 5.26. The van der Waals surface area contributed by atoms with Gasteiger partial charge in [-0.2, -0.15) is 5.26 Å². The van der Waals surface area contributed by atoms with Gasteiger partial charge in [-0.15, -0.1) is 0 Å². The molecular formula is C26H23N3O3. The fourth-order valence-corrected chi connectivity index (χ4v) is 3.85. The topological polar surface area (TPSA) is 76.3 Å². The number of carbonyl (C=O) groups excluding carboxylic acids is 1. The lowest BCUT2D eigenvalue weighted by Crippen LogP contribution is -2.07. The summed E-state index contributed by atoms with van der Waals surface area (Å²) in [5.41, 5.74) is 3.85. The highest BCUT2D eigenvalue weighted by atomic mass is 16.5. The summed E-state index contributed by atoms with van der Waals surface area (Å²) in [7, 11) is 1.53. The van der Waals surface area contributed by atoms with Gasteiger partial charge < -0.3 is 19.4 Å². The molecule has 32 heavy (non-hydrogen) atoms. The molecule has 0 spiro atoms. The molecular weight excluding hydrogens is 402 g/mol. The SMILES string of the molecule is CCn1c2ccccc2c2cc(NC(=O)/C=C/c3ccc(OCC#N)c(OC)c3)ccc21. The van der Waals surface area contributed by atoms with Crippen LogP contribution >= 0.6 is 0 Å². The number of benzene rings is 3. The number of nitrogens with zero attached hydrogens (tertiary/aromatic N) is 2. The van der Waals surface area contributed by atoms with Crippen LogP contribution in [-0.2, 0) is 11.3 Å². The molecule has 1 aromatic heterocycles.